The van der Waals surface area contributed by atoms with Crippen molar-refractivity contribution in [3.63, 3.8) is 0 Å². The van der Waals surface area contributed by atoms with Gasteiger partial charge in [-0.05, 0) is 38.0 Å². The van der Waals surface area contributed by atoms with Crippen LogP contribution in [0.3, 0.4) is 0 Å². The average molecular weight is 396 g/mol. The maximum absolute atomic E-state index is 13.0. The third-order valence-corrected chi connectivity index (χ3v) is 5.20. The molecule has 3 rings (SSSR count). The first-order chi connectivity index (χ1) is 14.1. The maximum Gasteiger partial charge on any atom is 0.340 e. The number of likely N-dealkylation sites (N-methyl/N-ethyl adjacent to an activating group) is 1. The highest BCUT2D eigenvalue weighted by Crippen LogP contribution is 2.21. The van der Waals surface area contributed by atoms with Crippen LogP contribution in [0.25, 0.3) is 0 Å². The molecule has 0 aromatic heterocycles. The van der Waals surface area contributed by atoms with E-state index in [1.807, 2.05) is 17.9 Å². The van der Waals surface area contributed by atoms with Crippen LogP contribution < -0.4 is 5.32 Å². The molecule has 1 saturated heterocycles. The summed E-state index contributed by atoms with van der Waals surface area (Å²) in [5.41, 5.74) is 2.13. The van der Waals surface area contributed by atoms with Crippen LogP contribution in [0.5, 0.6) is 0 Å². The molecule has 29 heavy (non-hydrogen) atoms. The number of carbonyl (C=O) groups is 2. The molecular weight excluding hydrogens is 366 g/mol. The van der Waals surface area contributed by atoms with Crippen molar-refractivity contribution in [2.75, 3.05) is 31.6 Å². The molecule has 0 spiro atoms. The normalized spacial score (nSPS) is 16.4. The number of nitrogens with zero attached hydrogens (tertiary/aromatic N) is 2. The van der Waals surface area contributed by atoms with E-state index in [4.69, 9.17) is 4.74 Å². The first-order valence-corrected chi connectivity index (χ1v) is 10.2. The van der Waals surface area contributed by atoms with Crippen molar-refractivity contribution in [1.29, 1.82) is 0 Å². The fourth-order valence-corrected chi connectivity index (χ4v) is 3.79. The van der Waals surface area contributed by atoms with Gasteiger partial charge in [0.1, 0.15) is 0 Å². The molecule has 0 radical (unpaired) electrons. The van der Waals surface area contributed by atoms with Gasteiger partial charge in [-0.3, -0.25) is 4.90 Å². The molecule has 6 heteroatoms. The van der Waals surface area contributed by atoms with Gasteiger partial charge in [0.25, 0.3) is 0 Å². The number of amides is 2. The van der Waals surface area contributed by atoms with Gasteiger partial charge in [-0.2, -0.15) is 0 Å². The van der Waals surface area contributed by atoms with Crippen LogP contribution in [0.15, 0.2) is 54.6 Å². The summed E-state index contributed by atoms with van der Waals surface area (Å²) in [6.45, 7) is 7.34. The molecular formula is C23H29N3O3. The zero-order valence-electron chi connectivity index (χ0n) is 17.1. The lowest BCUT2D eigenvalue weighted by molar-refractivity contribution is 0.0527. The second-order valence-corrected chi connectivity index (χ2v) is 7.15. The summed E-state index contributed by atoms with van der Waals surface area (Å²) in [6, 6.07) is 17.3. The molecule has 6 nitrogen and oxygen atoms in total. The summed E-state index contributed by atoms with van der Waals surface area (Å²) in [5.74, 6) is -0.429. The number of urea groups is 1. The van der Waals surface area contributed by atoms with Gasteiger partial charge in [-0.25, -0.2) is 9.59 Å². The Kier molecular flexibility index (Phi) is 7.25. The summed E-state index contributed by atoms with van der Waals surface area (Å²) >= 11 is 0. The van der Waals surface area contributed by atoms with Crippen LogP contribution in [0.2, 0.25) is 0 Å². The topological polar surface area (TPSA) is 61.9 Å². The number of hydrogen-bond donors (Lipinski definition) is 1. The number of ether oxygens (including phenoxy) is 1. The largest absolute Gasteiger partial charge is 0.462 e. The van der Waals surface area contributed by atoms with Gasteiger partial charge in [-0.15, -0.1) is 0 Å². The van der Waals surface area contributed by atoms with Crippen molar-refractivity contribution in [2.45, 2.75) is 32.9 Å². The molecule has 1 aliphatic rings. The van der Waals surface area contributed by atoms with Gasteiger partial charge < -0.3 is 15.0 Å². The van der Waals surface area contributed by atoms with E-state index in [0.717, 1.165) is 26.1 Å². The summed E-state index contributed by atoms with van der Waals surface area (Å²) in [4.78, 5) is 29.4. The predicted molar refractivity (Wildman–Crippen MR) is 114 cm³/mol. The van der Waals surface area contributed by atoms with E-state index in [2.05, 4.69) is 34.5 Å². The molecule has 1 fully saturated rings. The average Bonchev–Trinajstić information content (AvgIpc) is 3.18. The van der Waals surface area contributed by atoms with Crippen LogP contribution in [-0.4, -0.2) is 54.1 Å². The van der Waals surface area contributed by atoms with Gasteiger partial charge in [0.2, 0.25) is 0 Å². The predicted octanol–water partition coefficient (Wildman–Crippen LogP) is 3.99. The lowest BCUT2D eigenvalue weighted by Crippen LogP contribution is -2.44. The maximum atomic E-state index is 13.0. The fourth-order valence-electron chi connectivity index (χ4n) is 3.79. The first-order valence-electron chi connectivity index (χ1n) is 10.2. The van der Waals surface area contributed by atoms with Gasteiger partial charge >= 0.3 is 12.0 Å². The van der Waals surface area contributed by atoms with Crippen molar-refractivity contribution < 1.29 is 14.3 Å². The molecule has 2 amide bonds. The minimum atomic E-state index is -0.429. The zero-order chi connectivity index (χ0) is 20.6. The second kappa shape index (κ2) is 10.1. The SMILES string of the molecule is CCOC(=O)c1ccccc1NC(=O)N(CC)C1CCN(Cc2ccccc2)C1. The Hall–Kier alpha value is -2.86. The quantitative estimate of drug-likeness (QED) is 0.720. The molecule has 2 aromatic carbocycles. The molecule has 154 valence electrons. The van der Waals surface area contributed by atoms with E-state index < -0.39 is 5.97 Å². The third kappa shape index (κ3) is 5.35. The van der Waals surface area contributed by atoms with E-state index >= 15 is 0 Å². The Bertz CT molecular complexity index is 825. The number of esters is 1. The molecule has 1 unspecified atom stereocenters. The van der Waals surface area contributed by atoms with E-state index in [9.17, 15) is 9.59 Å². The summed E-state index contributed by atoms with van der Waals surface area (Å²) in [7, 11) is 0. The molecule has 0 bridgehead atoms. The number of rotatable bonds is 7. The lowest BCUT2D eigenvalue weighted by Gasteiger charge is -2.28. The van der Waals surface area contributed by atoms with Crippen LogP contribution in [0, 0.1) is 0 Å². The number of para-hydroxylation sites is 1. The van der Waals surface area contributed by atoms with Crippen LogP contribution in [0.4, 0.5) is 10.5 Å². The third-order valence-electron chi connectivity index (χ3n) is 5.20. The Balaban J connectivity index is 1.64. The molecule has 0 aliphatic carbocycles. The number of likely N-dealkylation sites (tertiary alicyclic amines) is 1. The highest BCUT2D eigenvalue weighted by atomic mass is 16.5. The fraction of sp³-hybridized carbons (Fsp3) is 0.391. The standard InChI is InChI=1S/C23H29N3O3/c1-3-26(19-14-15-25(17-19)16-18-10-6-5-7-11-18)23(28)24-21-13-9-8-12-20(21)22(27)29-4-2/h5-13,19H,3-4,14-17H2,1-2H3,(H,24,28). The molecule has 2 aromatic rings. The Labute approximate surface area is 172 Å². The smallest absolute Gasteiger partial charge is 0.340 e. The highest BCUT2D eigenvalue weighted by molar-refractivity contribution is 6.00. The van der Waals surface area contributed by atoms with Gasteiger partial charge in [0.05, 0.1) is 17.9 Å². The summed E-state index contributed by atoms with van der Waals surface area (Å²) in [5, 5.41) is 2.91. The van der Waals surface area contributed by atoms with E-state index in [1.165, 1.54) is 5.56 Å². The first kappa shape index (κ1) is 20.9. The molecule has 0 saturated carbocycles. The number of benzene rings is 2. The molecule has 1 atom stereocenters. The molecule has 1 aliphatic heterocycles. The zero-order valence-corrected chi connectivity index (χ0v) is 17.1. The van der Waals surface area contributed by atoms with Gasteiger partial charge in [0, 0.05) is 32.2 Å². The van der Waals surface area contributed by atoms with E-state index in [-0.39, 0.29) is 12.1 Å². The minimum Gasteiger partial charge on any atom is -0.462 e. The summed E-state index contributed by atoms with van der Waals surface area (Å²) in [6.07, 6.45) is 0.938. The number of anilines is 1. The minimum absolute atomic E-state index is 0.151. The highest BCUT2D eigenvalue weighted by Gasteiger charge is 2.30. The van der Waals surface area contributed by atoms with Crippen molar-refractivity contribution in [2.24, 2.45) is 0 Å². The summed E-state index contributed by atoms with van der Waals surface area (Å²) < 4.78 is 5.10. The van der Waals surface area contributed by atoms with Crippen molar-refractivity contribution in [3.05, 3.63) is 65.7 Å². The number of carbonyl (C=O) groups excluding carboxylic acids is 2. The second-order valence-electron chi connectivity index (χ2n) is 7.15. The van der Waals surface area contributed by atoms with Gasteiger partial charge in [0.15, 0.2) is 0 Å². The Morgan fingerprint density at radius 2 is 1.83 bits per heavy atom. The van der Waals surface area contributed by atoms with Crippen molar-refractivity contribution in [1.82, 2.24) is 9.80 Å². The van der Waals surface area contributed by atoms with E-state index in [0.29, 0.717) is 24.4 Å². The number of hydrogen-bond acceptors (Lipinski definition) is 4. The lowest BCUT2D eigenvalue weighted by atomic mass is 10.1. The number of nitrogens with one attached hydrogen (secondary N) is 1. The Morgan fingerprint density at radius 3 is 2.55 bits per heavy atom. The Morgan fingerprint density at radius 1 is 1.10 bits per heavy atom. The monoisotopic (exact) mass is 395 g/mol. The van der Waals surface area contributed by atoms with Crippen LogP contribution in [0.1, 0.15) is 36.2 Å². The molecule has 1 heterocycles. The van der Waals surface area contributed by atoms with Crippen LogP contribution in [-0.2, 0) is 11.3 Å². The van der Waals surface area contributed by atoms with Crippen molar-refractivity contribution in [3.8, 4) is 0 Å². The van der Waals surface area contributed by atoms with Crippen LogP contribution >= 0.6 is 0 Å². The van der Waals surface area contributed by atoms with Gasteiger partial charge in [-0.1, -0.05) is 42.5 Å². The molecule has 1 N–H and O–H groups in total. The van der Waals surface area contributed by atoms with E-state index in [1.54, 1.807) is 31.2 Å². The van der Waals surface area contributed by atoms with Crippen molar-refractivity contribution >= 4 is 17.7 Å².